The second-order valence-corrected chi connectivity index (χ2v) is 6.42. The van der Waals surface area contributed by atoms with E-state index in [0.717, 1.165) is 4.88 Å². The number of nitrogens with two attached hydrogens (primary N) is 2. The molecule has 1 aliphatic rings. The van der Waals surface area contributed by atoms with Crippen LogP contribution in [0.2, 0.25) is 0 Å². The van der Waals surface area contributed by atoms with Crippen molar-refractivity contribution in [3.63, 3.8) is 0 Å². The lowest BCUT2D eigenvalue weighted by Crippen LogP contribution is -2.53. The van der Waals surface area contributed by atoms with Crippen LogP contribution >= 0.6 is 11.3 Å². The Kier molecular flexibility index (Phi) is 3.30. The van der Waals surface area contributed by atoms with Gasteiger partial charge in [0.15, 0.2) is 5.66 Å². The van der Waals surface area contributed by atoms with Gasteiger partial charge in [0, 0.05) is 9.58 Å². The monoisotopic (exact) mass is 303 g/mol. The molecular weight excluding hydrogens is 286 g/mol. The van der Waals surface area contributed by atoms with E-state index in [1.165, 1.54) is 15.1 Å². The van der Waals surface area contributed by atoms with Crippen molar-refractivity contribution < 1.29 is 4.84 Å². The third-order valence-electron chi connectivity index (χ3n) is 3.13. The lowest BCUT2D eigenvalue weighted by molar-refractivity contribution is -0.166. The molecule has 0 unspecified atom stereocenters. The summed E-state index contributed by atoms with van der Waals surface area (Å²) in [6.45, 7) is 4.15. The molecule has 0 amide bonds. The minimum absolute atomic E-state index is 0.166. The minimum atomic E-state index is -0.674. The normalized spacial score (nSPS) is 17.7. The number of aliphatic imine (C=N–C) groups is 2. The average Bonchev–Trinajstić information content (AvgIpc) is 2.78. The molecule has 0 atom stereocenters. The lowest BCUT2D eigenvalue weighted by atomic mass is 10.2. The molecule has 0 radical (unpaired) electrons. The number of benzene rings is 1. The fourth-order valence-corrected chi connectivity index (χ4v) is 3.23. The van der Waals surface area contributed by atoms with Crippen LogP contribution < -0.4 is 11.5 Å². The number of hydrogen-bond acceptors (Lipinski definition) is 7. The van der Waals surface area contributed by atoms with Gasteiger partial charge in [-0.3, -0.25) is 4.84 Å². The zero-order valence-electron chi connectivity index (χ0n) is 11.9. The zero-order valence-corrected chi connectivity index (χ0v) is 12.7. The van der Waals surface area contributed by atoms with E-state index in [-0.39, 0.29) is 11.9 Å². The molecule has 0 spiro atoms. The van der Waals surface area contributed by atoms with Crippen molar-refractivity contribution in [2.24, 2.45) is 21.5 Å². The molecule has 110 valence electrons. The largest absolute Gasteiger partial charge is 0.368 e. The van der Waals surface area contributed by atoms with Gasteiger partial charge in [-0.25, -0.2) is 4.99 Å². The molecule has 0 aliphatic carbocycles. The van der Waals surface area contributed by atoms with E-state index >= 15 is 0 Å². The highest BCUT2D eigenvalue weighted by atomic mass is 32.1. The predicted octanol–water partition coefficient (Wildman–Crippen LogP) is 2.01. The van der Waals surface area contributed by atoms with Crippen molar-refractivity contribution >= 4 is 33.3 Å². The second-order valence-electron chi connectivity index (χ2n) is 5.25. The summed E-state index contributed by atoms with van der Waals surface area (Å²) in [4.78, 5) is 15.1. The Morgan fingerprint density at radius 2 is 2.05 bits per heavy atom. The van der Waals surface area contributed by atoms with Crippen molar-refractivity contribution in [3.05, 3.63) is 35.2 Å². The van der Waals surface area contributed by atoms with E-state index in [1.807, 2.05) is 26.0 Å². The molecule has 21 heavy (non-hydrogen) atoms. The van der Waals surface area contributed by atoms with Crippen LogP contribution in [0.5, 0.6) is 0 Å². The molecule has 1 aromatic heterocycles. The molecular formula is C14H17N5OS. The van der Waals surface area contributed by atoms with Gasteiger partial charge in [-0.2, -0.15) is 10.1 Å². The Balaban J connectivity index is 1.76. The Morgan fingerprint density at radius 3 is 2.76 bits per heavy atom. The average molecular weight is 303 g/mol. The molecule has 3 rings (SSSR count). The Hall–Kier alpha value is -2.12. The molecule has 2 heterocycles. The van der Waals surface area contributed by atoms with E-state index in [0.29, 0.717) is 6.61 Å². The first kappa shape index (κ1) is 13.8. The van der Waals surface area contributed by atoms with Crippen LogP contribution in [0.25, 0.3) is 10.1 Å². The van der Waals surface area contributed by atoms with Gasteiger partial charge in [-0.05, 0) is 31.4 Å². The van der Waals surface area contributed by atoms with Gasteiger partial charge < -0.3 is 11.5 Å². The van der Waals surface area contributed by atoms with Gasteiger partial charge in [-0.15, -0.1) is 11.3 Å². The molecule has 0 saturated heterocycles. The maximum absolute atomic E-state index is 5.88. The maximum atomic E-state index is 5.88. The first-order valence-corrected chi connectivity index (χ1v) is 7.37. The van der Waals surface area contributed by atoms with Crippen molar-refractivity contribution in [2.75, 3.05) is 0 Å². The lowest BCUT2D eigenvalue weighted by Gasteiger charge is -2.36. The van der Waals surface area contributed by atoms with Crippen LogP contribution in [-0.4, -0.2) is 22.6 Å². The molecule has 6 nitrogen and oxygen atoms in total. The van der Waals surface area contributed by atoms with Crippen LogP contribution in [-0.2, 0) is 11.4 Å². The van der Waals surface area contributed by atoms with Crippen molar-refractivity contribution in [1.29, 1.82) is 0 Å². The standard InChI is InChI=1S/C14H17N5OS/c1-14(2)18-12(15)17-13(16)19(14)20-8-10-7-9-5-3-4-6-11(9)21-10/h3-7H,8H2,1-2H3,(H4,15,16,17,18). The van der Waals surface area contributed by atoms with E-state index in [2.05, 4.69) is 28.2 Å². The Morgan fingerprint density at radius 1 is 1.29 bits per heavy atom. The summed E-state index contributed by atoms with van der Waals surface area (Å²) in [7, 11) is 0. The number of rotatable bonds is 3. The number of hydrogen-bond donors (Lipinski definition) is 2. The van der Waals surface area contributed by atoms with Crippen LogP contribution in [0.1, 0.15) is 18.7 Å². The second kappa shape index (κ2) is 5.01. The van der Waals surface area contributed by atoms with Crippen LogP contribution in [0.4, 0.5) is 0 Å². The van der Waals surface area contributed by atoms with Crippen LogP contribution in [0.3, 0.4) is 0 Å². The Labute approximate surface area is 126 Å². The summed E-state index contributed by atoms with van der Waals surface area (Å²) in [6.07, 6.45) is 0. The van der Waals surface area contributed by atoms with E-state index in [1.54, 1.807) is 11.3 Å². The van der Waals surface area contributed by atoms with Gasteiger partial charge in [0.2, 0.25) is 11.9 Å². The number of hydroxylamine groups is 2. The Bertz CT molecular complexity index is 701. The highest BCUT2D eigenvalue weighted by Gasteiger charge is 2.33. The third kappa shape index (κ3) is 2.70. The fraction of sp³-hybridized carbons (Fsp3) is 0.286. The van der Waals surface area contributed by atoms with Gasteiger partial charge >= 0.3 is 0 Å². The van der Waals surface area contributed by atoms with E-state index < -0.39 is 5.66 Å². The minimum Gasteiger partial charge on any atom is -0.368 e. The predicted molar refractivity (Wildman–Crippen MR) is 85.8 cm³/mol. The first-order valence-electron chi connectivity index (χ1n) is 6.56. The first-order chi connectivity index (χ1) is 9.95. The molecule has 0 fully saturated rings. The van der Waals surface area contributed by atoms with Gasteiger partial charge in [-0.1, -0.05) is 18.2 Å². The maximum Gasteiger partial charge on any atom is 0.226 e. The zero-order chi connectivity index (χ0) is 15.0. The molecule has 1 aliphatic heterocycles. The summed E-state index contributed by atoms with van der Waals surface area (Å²) in [5.74, 6) is 0.382. The molecule has 2 aromatic rings. The van der Waals surface area contributed by atoms with Gasteiger partial charge in [0.25, 0.3) is 0 Å². The summed E-state index contributed by atoms with van der Waals surface area (Å²) >= 11 is 1.69. The SMILES string of the molecule is CC1(C)N=C(N)N=C(N)N1OCc1cc2ccccc2s1. The summed E-state index contributed by atoms with van der Waals surface area (Å²) in [5.41, 5.74) is 10.8. The molecule has 1 aromatic carbocycles. The van der Waals surface area contributed by atoms with Crippen molar-refractivity contribution in [2.45, 2.75) is 26.1 Å². The molecule has 4 N–H and O–H groups in total. The van der Waals surface area contributed by atoms with Crippen molar-refractivity contribution in [3.8, 4) is 0 Å². The highest BCUT2D eigenvalue weighted by Crippen LogP contribution is 2.27. The molecule has 0 bridgehead atoms. The topological polar surface area (TPSA) is 89.2 Å². The molecule has 0 saturated carbocycles. The smallest absolute Gasteiger partial charge is 0.226 e. The van der Waals surface area contributed by atoms with Gasteiger partial charge in [0.1, 0.15) is 6.61 Å². The highest BCUT2D eigenvalue weighted by molar-refractivity contribution is 7.19. The van der Waals surface area contributed by atoms with Crippen LogP contribution in [0.15, 0.2) is 40.3 Å². The third-order valence-corrected chi connectivity index (χ3v) is 4.22. The summed E-state index contributed by atoms with van der Waals surface area (Å²) < 4.78 is 1.23. The summed E-state index contributed by atoms with van der Waals surface area (Å²) in [6, 6.07) is 10.3. The number of guanidine groups is 2. The quantitative estimate of drug-likeness (QED) is 0.907. The fourth-order valence-electron chi connectivity index (χ4n) is 2.25. The number of fused-ring (bicyclic) bond motifs is 1. The van der Waals surface area contributed by atoms with Gasteiger partial charge in [0.05, 0.1) is 0 Å². The number of nitrogens with zero attached hydrogens (tertiary/aromatic N) is 3. The number of thiophene rings is 1. The van der Waals surface area contributed by atoms with E-state index in [9.17, 15) is 0 Å². The van der Waals surface area contributed by atoms with Crippen molar-refractivity contribution in [1.82, 2.24) is 5.06 Å². The van der Waals surface area contributed by atoms with E-state index in [4.69, 9.17) is 16.3 Å². The summed E-state index contributed by atoms with van der Waals surface area (Å²) in [5, 5.41) is 2.70. The van der Waals surface area contributed by atoms with Crippen LogP contribution in [0, 0.1) is 0 Å². The molecule has 7 heteroatoms.